The highest BCUT2D eigenvalue weighted by Gasteiger charge is 2.17. The second-order valence-corrected chi connectivity index (χ2v) is 3.22. The van der Waals surface area contributed by atoms with Crippen molar-refractivity contribution >= 4 is 5.78 Å². The Bertz CT molecular complexity index is 123. The third-order valence-electron chi connectivity index (χ3n) is 2.23. The summed E-state index contributed by atoms with van der Waals surface area (Å²) in [5.41, 5.74) is 5.45. The molecule has 0 aromatic carbocycles. The van der Waals surface area contributed by atoms with Gasteiger partial charge in [-0.25, -0.2) is 0 Å². The molecular weight excluding hydrogens is 138 g/mol. The van der Waals surface area contributed by atoms with E-state index >= 15 is 0 Å². The summed E-state index contributed by atoms with van der Waals surface area (Å²) in [4.78, 5) is 11.3. The molecule has 66 valence electrons. The van der Waals surface area contributed by atoms with E-state index in [4.69, 9.17) is 5.73 Å². The van der Waals surface area contributed by atoms with Gasteiger partial charge in [0, 0.05) is 12.3 Å². The predicted octanol–water partition coefficient (Wildman–Crippen LogP) is 1.59. The average Bonchev–Trinajstić information content (AvgIpc) is 2.02. The van der Waals surface area contributed by atoms with Crippen LogP contribution in [0.3, 0.4) is 0 Å². The standard InChI is InChI=1S/C9H19NO/c1-4-5-9(11)8(3)7(2)6-10/h7-8H,4-6,10H2,1-3H3. The maximum Gasteiger partial charge on any atom is 0.136 e. The second kappa shape index (κ2) is 5.30. The maximum atomic E-state index is 11.3. The van der Waals surface area contributed by atoms with Crippen LogP contribution in [0.25, 0.3) is 0 Å². The molecule has 0 aliphatic heterocycles. The van der Waals surface area contributed by atoms with E-state index in [9.17, 15) is 4.79 Å². The fourth-order valence-corrected chi connectivity index (χ4v) is 0.996. The van der Waals surface area contributed by atoms with Crippen LogP contribution in [0.4, 0.5) is 0 Å². The lowest BCUT2D eigenvalue weighted by Crippen LogP contribution is -2.24. The fourth-order valence-electron chi connectivity index (χ4n) is 0.996. The number of ketones is 1. The zero-order valence-electron chi connectivity index (χ0n) is 7.76. The molecule has 0 aromatic rings. The molecule has 0 saturated carbocycles. The molecular formula is C9H19NO. The summed E-state index contributed by atoms with van der Waals surface area (Å²) in [6, 6.07) is 0. The Morgan fingerprint density at radius 2 is 2.00 bits per heavy atom. The Hall–Kier alpha value is -0.370. The first-order valence-corrected chi connectivity index (χ1v) is 4.36. The number of nitrogens with two attached hydrogens (primary N) is 1. The molecule has 0 saturated heterocycles. The van der Waals surface area contributed by atoms with Crippen LogP contribution in [0.5, 0.6) is 0 Å². The summed E-state index contributed by atoms with van der Waals surface area (Å²) < 4.78 is 0. The Labute approximate surface area is 69.2 Å². The quantitative estimate of drug-likeness (QED) is 0.658. The van der Waals surface area contributed by atoms with Gasteiger partial charge in [0.25, 0.3) is 0 Å². The number of rotatable bonds is 5. The number of hydrogen-bond acceptors (Lipinski definition) is 2. The van der Waals surface area contributed by atoms with Gasteiger partial charge in [0.05, 0.1) is 0 Å². The van der Waals surface area contributed by atoms with Gasteiger partial charge in [-0.05, 0) is 18.9 Å². The smallest absolute Gasteiger partial charge is 0.136 e. The molecule has 0 aliphatic rings. The Morgan fingerprint density at radius 3 is 2.36 bits per heavy atom. The monoisotopic (exact) mass is 157 g/mol. The minimum atomic E-state index is 0.139. The first-order chi connectivity index (χ1) is 5.13. The van der Waals surface area contributed by atoms with Gasteiger partial charge in [-0.3, -0.25) is 4.79 Å². The van der Waals surface area contributed by atoms with Crippen LogP contribution in [-0.4, -0.2) is 12.3 Å². The molecule has 0 aliphatic carbocycles. The van der Waals surface area contributed by atoms with E-state index in [2.05, 4.69) is 0 Å². The van der Waals surface area contributed by atoms with E-state index in [1.165, 1.54) is 0 Å². The first-order valence-electron chi connectivity index (χ1n) is 4.36. The van der Waals surface area contributed by atoms with E-state index in [1.807, 2.05) is 20.8 Å². The lowest BCUT2D eigenvalue weighted by Gasteiger charge is -2.15. The summed E-state index contributed by atoms with van der Waals surface area (Å²) in [5, 5.41) is 0. The molecule has 2 unspecified atom stereocenters. The van der Waals surface area contributed by atoms with Crippen LogP contribution in [-0.2, 0) is 4.79 Å². The van der Waals surface area contributed by atoms with Crippen molar-refractivity contribution in [3.63, 3.8) is 0 Å². The summed E-state index contributed by atoms with van der Waals surface area (Å²) in [6.07, 6.45) is 1.64. The molecule has 11 heavy (non-hydrogen) atoms. The van der Waals surface area contributed by atoms with Crippen molar-refractivity contribution in [1.82, 2.24) is 0 Å². The van der Waals surface area contributed by atoms with Gasteiger partial charge in [-0.1, -0.05) is 20.8 Å². The zero-order chi connectivity index (χ0) is 8.85. The Balaban J connectivity index is 3.80. The van der Waals surface area contributed by atoms with Crippen molar-refractivity contribution in [3.8, 4) is 0 Å². The highest BCUT2D eigenvalue weighted by molar-refractivity contribution is 5.80. The van der Waals surface area contributed by atoms with Crippen molar-refractivity contribution < 1.29 is 4.79 Å². The van der Waals surface area contributed by atoms with Crippen molar-refractivity contribution in [2.24, 2.45) is 17.6 Å². The summed E-state index contributed by atoms with van der Waals surface area (Å²) in [7, 11) is 0. The van der Waals surface area contributed by atoms with E-state index in [-0.39, 0.29) is 5.92 Å². The normalized spacial score (nSPS) is 16.0. The number of hydrogen-bond donors (Lipinski definition) is 1. The Morgan fingerprint density at radius 1 is 1.45 bits per heavy atom. The molecule has 0 fully saturated rings. The average molecular weight is 157 g/mol. The molecule has 2 atom stereocenters. The van der Waals surface area contributed by atoms with Crippen LogP contribution in [0.2, 0.25) is 0 Å². The van der Waals surface area contributed by atoms with Crippen LogP contribution < -0.4 is 5.73 Å². The summed E-state index contributed by atoms with van der Waals surface area (Å²) in [5.74, 6) is 0.819. The third-order valence-corrected chi connectivity index (χ3v) is 2.23. The summed E-state index contributed by atoms with van der Waals surface area (Å²) >= 11 is 0. The van der Waals surface area contributed by atoms with E-state index in [1.54, 1.807) is 0 Å². The lowest BCUT2D eigenvalue weighted by atomic mass is 9.90. The van der Waals surface area contributed by atoms with Crippen molar-refractivity contribution in [1.29, 1.82) is 0 Å². The molecule has 2 heteroatoms. The largest absolute Gasteiger partial charge is 0.330 e. The molecule has 0 aromatic heterocycles. The number of Topliss-reactive ketones (excluding diaryl/α,β-unsaturated/α-hetero) is 1. The molecule has 2 N–H and O–H groups in total. The fraction of sp³-hybridized carbons (Fsp3) is 0.889. The Kier molecular flexibility index (Phi) is 5.12. The van der Waals surface area contributed by atoms with Crippen LogP contribution >= 0.6 is 0 Å². The van der Waals surface area contributed by atoms with Crippen molar-refractivity contribution in [2.75, 3.05) is 6.54 Å². The first kappa shape index (κ1) is 10.6. The molecule has 0 amide bonds. The van der Waals surface area contributed by atoms with Gasteiger partial charge in [-0.2, -0.15) is 0 Å². The molecule has 0 bridgehead atoms. The highest BCUT2D eigenvalue weighted by Crippen LogP contribution is 2.12. The minimum Gasteiger partial charge on any atom is -0.330 e. The van der Waals surface area contributed by atoms with Gasteiger partial charge in [0.2, 0.25) is 0 Å². The SMILES string of the molecule is CCCC(=O)C(C)C(C)CN. The van der Waals surface area contributed by atoms with E-state index in [0.717, 1.165) is 6.42 Å². The maximum absolute atomic E-state index is 11.3. The second-order valence-electron chi connectivity index (χ2n) is 3.22. The third kappa shape index (κ3) is 3.51. The van der Waals surface area contributed by atoms with Crippen molar-refractivity contribution in [3.05, 3.63) is 0 Å². The van der Waals surface area contributed by atoms with E-state index in [0.29, 0.717) is 24.7 Å². The van der Waals surface area contributed by atoms with Gasteiger partial charge in [-0.15, -0.1) is 0 Å². The van der Waals surface area contributed by atoms with E-state index < -0.39 is 0 Å². The van der Waals surface area contributed by atoms with Crippen molar-refractivity contribution in [2.45, 2.75) is 33.6 Å². The zero-order valence-corrected chi connectivity index (χ0v) is 7.76. The molecule has 0 spiro atoms. The minimum absolute atomic E-state index is 0.139. The highest BCUT2D eigenvalue weighted by atomic mass is 16.1. The molecule has 2 nitrogen and oxygen atoms in total. The van der Waals surface area contributed by atoms with Gasteiger partial charge in [0.1, 0.15) is 5.78 Å². The molecule has 0 heterocycles. The molecule has 0 rings (SSSR count). The molecule has 0 radical (unpaired) electrons. The summed E-state index contributed by atoms with van der Waals surface area (Å²) in [6.45, 7) is 6.63. The number of carbonyl (C=O) groups excluding carboxylic acids is 1. The number of carbonyl (C=O) groups is 1. The topological polar surface area (TPSA) is 43.1 Å². The lowest BCUT2D eigenvalue weighted by molar-refractivity contribution is -0.123. The van der Waals surface area contributed by atoms with Crippen LogP contribution in [0, 0.1) is 11.8 Å². The van der Waals surface area contributed by atoms with Gasteiger partial charge in [0.15, 0.2) is 0 Å². The van der Waals surface area contributed by atoms with Crippen LogP contribution in [0.1, 0.15) is 33.6 Å². The van der Waals surface area contributed by atoms with Gasteiger partial charge >= 0.3 is 0 Å². The van der Waals surface area contributed by atoms with Crippen LogP contribution in [0.15, 0.2) is 0 Å². The predicted molar refractivity (Wildman–Crippen MR) is 47.3 cm³/mol. The van der Waals surface area contributed by atoms with Gasteiger partial charge < -0.3 is 5.73 Å².